The van der Waals surface area contributed by atoms with Gasteiger partial charge in [0.2, 0.25) is 0 Å². The molecule has 1 aromatic heterocycles. The Morgan fingerprint density at radius 3 is 2.28 bits per heavy atom. The Hall–Kier alpha value is -2.60. The van der Waals surface area contributed by atoms with E-state index in [0.29, 0.717) is 0 Å². The van der Waals surface area contributed by atoms with Crippen molar-refractivity contribution in [2.24, 2.45) is 0 Å². The van der Waals surface area contributed by atoms with Gasteiger partial charge < -0.3 is 0 Å². The quantitative estimate of drug-likeness (QED) is 0.673. The molecule has 0 saturated carbocycles. The van der Waals surface area contributed by atoms with Crippen molar-refractivity contribution in [3.8, 4) is 0 Å². The maximum Gasteiger partial charge on any atom is 0.115 e. The molecular formula is C12H10N6. The molecule has 3 aromatic rings. The first-order valence-electron chi connectivity index (χ1n) is 5.65. The van der Waals surface area contributed by atoms with E-state index >= 15 is 0 Å². The van der Waals surface area contributed by atoms with Crippen LogP contribution in [0.25, 0.3) is 11.0 Å². The second-order valence-electron chi connectivity index (χ2n) is 4.02. The van der Waals surface area contributed by atoms with Crippen LogP contribution in [0.3, 0.4) is 0 Å². The van der Waals surface area contributed by atoms with Crippen LogP contribution in [0, 0.1) is 0 Å². The zero-order valence-corrected chi connectivity index (χ0v) is 9.41. The third-order valence-corrected chi connectivity index (χ3v) is 2.88. The second kappa shape index (κ2) is 3.44. The molecule has 0 fully saturated rings. The van der Waals surface area contributed by atoms with Crippen LogP contribution in [0.15, 0.2) is 48.5 Å². The number of aromatic nitrogens is 3. The summed E-state index contributed by atoms with van der Waals surface area (Å²) >= 11 is 0. The van der Waals surface area contributed by atoms with Gasteiger partial charge in [0.25, 0.3) is 0 Å². The minimum atomic E-state index is 0.865. The van der Waals surface area contributed by atoms with E-state index in [1.54, 1.807) is 10.0 Å². The van der Waals surface area contributed by atoms with Crippen molar-refractivity contribution in [3.05, 3.63) is 48.5 Å². The summed E-state index contributed by atoms with van der Waals surface area (Å²) < 4.78 is 0. The molecule has 4 rings (SSSR count). The van der Waals surface area contributed by atoms with Gasteiger partial charge in [-0.05, 0) is 24.3 Å². The van der Waals surface area contributed by atoms with Gasteiger partial charge in [0.1, 0.15) is 16.7 Å². The van der Waals surface area contributed by atoms with Gasteiger partial charge in [-0.3, -0.25) is 5.43 Å². The van der Waals surface area contributed by atoms with E-state index in [4.69, 9.17) is 0 Å². The molecule has 0 amide bonds. The molecule has 6 nitrogen and oxygen atoms in total. The average Bonchev–Trinajstić information content (AvgIpc) is 3.02. The van der Waals surface area contributed by atoms with Crippen molar-refractivity contribution < 1.29 is 0 Å². The van der Waals surface area contributed by atoms with E-state index in [1.165, 1.54) is 0 Å². The molecule has 0 radical (unpaired) electrons. The van der Waals surface area contributed by atoms with Crippen LogP contribution in [-0.2, 0) is 0 Å². The highest BCUT2D eigenvalue weighted by molar-refractivity contribution is 5.75. The fraction of sp³-hybridized carbons (Fsp3) is 0. The minimum Gasteiger partial charge on any atom is -0.300 e. The third kappa shape index (κ3) is 1.26. The Bertz CT molecular complexity index is 686. The molecular weight excluding hydrogens is 228 g/mol. The Morgan fingerprint density at radius 2 is 1.50 bits per heavy atom. The lowest BCUT2D eigenvalue weighted by molar-refractivity contribution is 0.511. The summed E-state index contributed by atoms with van der Waals surface area (Å²) in [7, 11) is 0. The molecule has 1 aliphatic heterocycles. The highest BCUT2D eigenvalue weighted by Gasteiger charge is 2.21. The fourth-order valence-corrected chi connectivity index (χ4v) is 2.02. The number of hydrogen-bond acceptors (Lipinski definition) is 5. The van der Waals surface area contributed by atoms with Crippen LogP contribution in [-0.4, -0.2) is 15.1 Å². The number of rotatable bonds is 1. The lowest BCUT2D eigenvalue weighted by Crippen LogP contribution is -2.41. The molecule has 2 heterocycles. The van der Waals surface area contributed by atoms with Crippen molar-refractivity contribution in [1.82, 2.24) is 20.6 Å². The van der Waals surface area contributed by atoms with E-state index in [9.17, 15) is 0 Å². The van der Waals surface area contributed by atoms with Gasteiger partial charge in [-0.2, -0.15) is 5.12 Å². The standard InChI is InChI=1S/C12H10N6/c1-2-6-10-9(5-1)14-18(15-10)17-12-8-4-3-7-11(12)13-16-17/h1-8,13,16H. The van der Waals surface area contributed by atoms with Crippen molar-refractivity contribution in [1.29, 1.82) is 0 Å². The number of para-hydroxylation sites is 2. The van der Waals surface area contributed by atoms with Crippen LogP contribution in [0.1, 0.15) is 0 Å². The Labute approximate surface area is 103 Å². The van der Waals surface area contributed by atoms with E-state index < -0.39 is 0 Å². The highest BCUT2D eigenvalue weighted by atomic mass is 16.0. The van der Waals surface area contributed by atoms with Gasteiger partial charge in [0.15, 0.2) is 0 Å². The summed E-state index contributed by atoms with van der Waals surface area (Å²) in [6.45, 7) is 0. The largest absolute Gasteiger partial charge is 0.300 e. The predicted molar refractivity (Wildman–Crippen MR) is 68.6 cm³/mol. The molecule has 2 N–H and O–H groups in total. The monoisotopic (exact) mass is 238 g/mol. The number of hydrogen-bond donors (Lipinski definition) is 2. The first-order chi connectivity index (χ1) is 8.92. The summed E-state index contributed by atoms with van der Waals surface area (Å²) in [6, 6.07) is 15.7. The summed E-state index contributed by atoms with van der Waals surface area (Å²) in [5.74, 6) is 0. The van der Waals surface area contributed by atoms with Gasteiger partial charge in [0, 0.05) is 0 Å². The first-order valence-corrected chi connectivity index (χ1v) is 5.65. The van der Waals surface area contributed by atoms with E-state index in [2.05, 4.69) is 21.2 Å². The van der Waals surface area contributed by atoms with Crippen molar-refractivity contribution in [3.63, 3.8) is 0 Å². The molecule has 6 heteroatoms. The van der Waals surface area contributed by atoms with Gasteiger partial charge in [0.05, 0.1) is 5.69 Å². The number of fused-ring (bicyclic) bond motifs is 2. The second-order valence-corrected chi connectivity index (χ2v) is 4.02. The van der Waals surface area contributed by atoms with Crippen molar-refractivity contribution >= 4 is 22.4 Å². The Balaban J connectivity index is 1.85. The fourth-order valence-electron chi connectivity index (χ4n) is 2.02. The third-order valence-electron chi connectivity index (χ3n) is 2.88. The molecule has 0 unspecified atom stereocenters. The molecule has 1 aliphatic rings. The molecule has 0 aliphatic carbocycles. The van der Waals surface area contributed by atoms with Crippen LogP contribution in [0.2, 0.25) is 0 Å². The molecule has 2 aromatic carbocycles. The maximum atomic E-state index is 4.42. The molecule has 0 spiro atoms. The van der Waals surface area contributed by atoms with Crippen LogP contribution < -0.4 is 16.1 Å². The van der Waals surface area contributed by atoms with Gasteiger partial charge in [-0.1, -0.05) is 29.2 Å². The Kier molecular flexibility index (Phi) is 1.80. The van der Waals surface area contributed by atoms with Crippen molar-refractivity contribution in [2.75, 3.05) is 10.5 Å². The lowest BCUT2D eigenvalue weighted by Gasteiger charge is -2.14. The Morgan fingerprint density at radius 1 is 0.833 bits per heavy atom. The SMILES string of the molecule is c1ccc2c(c1)NNN2n1nc2ccccc2n1. The predicted octanol–water partition coefficient (Wildman–Crippen LogP) is 1.55. The van der Waals surface area contributed by atoms with Crippen LogP contribution >= 0.6 is 0 Å². The lowest BCUT2D eigenvalue weighted by atomic mass is 10.3. The number of benzene rings is 2. The van der Waals surface area contributed by atoms with Crippen LogP contribution in [0.5, 0.6) is 0 Å². The number of anilines is 2. The molecule has 0 atom stereocenters. The molecule has 0 saturated heterocycles. The number of hydrazine groups is 2. The van der Waals surface area contributed by atoms with E-state index in [-0.39, 0.29) is 0 Å². The highest BCUT2D eigenvalue weighted by Crippen LogP contribution is 2.28. The van der Waals surface area contributed by atoms with Gasteiger partial charge >= 0.3 is 0 Å². The van der Waals surface area contributed by atoms with Gasteiger partial charge in [-0.15, -0.1) is 15.7 Å². The normalized spacial score (nSPS) is 13.7. The topological polar surface area (TPSA) is 58.0 Å². The van der Waals surface area contributed by atoms with Crippen LogP contribution in [0.4, 0.5) is 11.4 Å². The molecule has 0 bridgehead atoms. The van der Waals surface area contributed by atoms with E-state index in [0.717, 1.165) is 22.4 Å². The molecule has 88 valence electrons. The molecule has 18 heavy (non-hydrogen) atoms. The average molecular weight is 238 g/mol. The zero-order chi connectivity index (χ0) is 11.9. The van der Waals surface area contributed by atoms with Crippen molar-refractivity contribution in [2.45, 2.75) is 0 Å². The summed E-state index contributed by atoms with van der Waals surface area (Å²) in [5.41, 5.74) is 9.80. The summed E-state index contributed by atoms with van der Waals surface area (Å²) in [4.78, 5) is 1.55. The first kappa shape index (κ1) is 9.43. The summed E-state index contributed by atoms with van der Waals surface area (Å²) in [5, 5.41) is 10.6. The summed E-state index contributed by atoms with van der Waals surface area (Å²) in [6.07, 6.45) is 0. The van der Waals surface area contributed by atoms with E-state index in [1.807, 2.05) is 48.5 Å². The minimum absolute atomic E-state index is 0.865. The van der Waals surface area contributed by atoms with Gasteiger partial charge in [-0.25, -0.2) is 0 Å². The smallest absolute Gasteiger partial charge is 0.115 e. The maximum absolute atomic E-state index is 4.42. The number of nitrogens with zero attached hydrogens (tertiary/aromatic N) is 4. The zero-order valence-electron chi connectivity index (χ0n) is 9.41. The number of nitrogens with one attached hydrogen (secondary N) is 2.